The van der Waals surface area contributed by atoms with Crippen molar-refractivity contribution >= 4 is 50.8 Å². The Labute approximate surface area is 154 Å². The Hall–Kier alpha value is -2.00. The van der Waals surface area contributed by atoms with Crippen LogP contribution in [0.4, 0.5) is 0 Å². The van der Waals surface area contributed by atoms with Crippen LogP contribution in [-0.2, 0) is 19.6 Å². The average molecular weight is 400 g/mol. The summed E-state index contributed by atoms with van der Waals surface area (Å²) in [5.74, 6) is -1.26. The lowest BCUT2D eigenvalue weighted by atomic mass is 10.2. The summed E-state index contributed by atoms with van der Waals surface area (Å²) >= 11 is 6.79. The van der Waals surface area contributed by atoms with Crippen molar-refractivity contribution in [2.24, 2.45) is 0 Å². The predicted molar refractivity (Wildman–Crippen MR) is 97.0 cm³/mol. The van der Waals surface area contributed by atoms with Crippen LogP contribution in [0.1, 0.15) is 15.2 Å². The van der Waals surface area contributed by atoms with Crippen molar-refractivity contribution in [3.8, 4) is 0 Å². The molecule has 0 aliphatic heterocycles. The normalized spacial score (nSPS) is 11.6. The van der Waals surface area contributed by atoms with Gasteiger partial charge >= 0.3 is 5.97 Å². The van der Waals surface area contributed by atoms with E-state index in [2.05, 4.69) is 4.72 Å². The maximum atomic E-state index is 11.8. The minimum absolute atomic E-state index is 0.365. The molecular formula is C16H14ClNO5S2. The molecule has 9 heteroatoms. The standard InChI is InChI=1S/C16H14ClNO5S2/c17-15-7-6-14(24-15)13(19)11-23-16(20)10-18-25(21,22)9-8-12-4-2-1-3-5-12/h1-9,18H,10-11H2/b9-8+. The van der Waals surface area contributed by atoms with E-state index in [4.69, 9.17) is 16.3 Å². The molecule has 1 aromatic heterocycles. The second kappa shape index (κ2) is 8.91. The molecular weight excluding hydrogens is 386 g/mol. The number of ether oxygens (including phenoxy) is 1. The maximum absolute atomic E-state index is 11.8. The van der Waals surface area contributed by atoms with E-state index in [0.717, 1.165) is 16.7 Å². The number of thiophene rings is 1. The number of carbonyl (C=O) groups is 2. The van der Waals surface area contributed by atoms with Crippen molar-refractivity contribution in [1.82, 2.24) is 4.72 Å². The molecule has 25 heavy (non-hydrogen) atoms. The Morgan fingerprint density at radius 2 is 1.88 bits per heavy atom. The van der Waals surface area contributed by atoms with E-state index in [-0.39, 0.29) is 0 Å². The molecule has 132 valence electrons. The van der Waals surface area contributed by atoms with Crippen molar-refractivity contribution in [2.75, 3.05) is 13.2 Å². The van der Waals surface area contributed by atoms with Gasteiger partial charge in [0.2, 0.25) is 15.8 Å². The first-order valence-electron chi connectivity index (χ1n) is 7.03. The molecule has 1 aromatic carbocycles. The highest BCUT2D eigenvalue weighted by atomic mass is 35.5. The first kappa shape index (κ1) is 19.3. The molecule has 0 saturated heterocycles. The number of Topliss-reactive ketones (excluding diaryl/α,β-unsaturated/α-hetero) is 1. The summed E-state index contributed by atoms with van der Waals surface area (Å²) in [4.78, 5) is 23.7. The lowest BCUT2D eigenvalue weighted by Crippen LogP contribution is -2.30. The highest BCUT2D eigenvalue weighted by molar-refractivity contribution is 7.92. The molecule has 1 N–H and O–H groups in total. The van der Waals surface area contributed by atoms with Crippen molar-refractivity contribution in [3.63, 3.8) is 0 Å². The average Bonchev–Trinajstić information content (AvgIpc) is 3.04. The van der Waals surface area contributed by atoms with Crippen LogP contribution in [0.5, 0.6) is 0 Å². The Kier molecular flexibility index (Phi) is 6.89. The topological polar surface area (TPSA) is 89.5 Å². The molecule has 0 amide bonds. The van der Waals surface area contributed by atoms with Crippen LogP contribution in [-0.4, -0.2) is 33.3 Å². The van der Waals surface area contributed by atoms with E-state index in [9.17, 15) is 18.0 Å². The number of hydrogen-bond acceptors (Lipinski definition) is 6. The third-order valence-electron chi connectivity index (χ3n) is 2.87. The number of hydrogen-bond donors (Lipinski definition) is 1. The molecule has 0 unspecified atom stereocenters. The lowest BCUT2D eigenvalue weighted by Gasteiger charge is -2.04. The second-order valence-electron chi connectivity index (χ2n) is 4.77. The minimum atomic E-state index is -3.79. The lowest BCUT2D eigenvalue weighted by molar-refractivity contribution is -0.141. The third-order valence-corrected chi connectivity index (χ3v) is 5.18. The molecule has 2 aromatic rings. The summed E-state index contributed by atoms with van der Waals surface area (Å²) in [6, 6.07) is 11.9. The van der Waals surface area contributed by atoms with Crippen LogP contribution >= 0.6 is 22.9 Å². The summed E-state index contributed by atoms with van der Waals surface area (Å²) in [5, 5.41) is 0.953. The van der Waals surface area contributed by atoms with Gasteiger partial charge in [0.05, 0.1) is 9.21 Å². The first-order valence-corrected chi connectivity index (χ1v) is 9.77. The zero-order chi connectivity index (χ0) is 18.3. The fourth-order valence-electron chi connectivity index (χ4n) is 1.67. The van der Waals surface area contributed by atoms with Gasteiger partial charge in [-0.2, -0.15) is 0 Å². The first-order chi connectivity index (χ1) is 11.9. The fourth-order valence-corrected chi connectivity index (χ4v) is 3.39. The van der Waals surface area contributed by atoms with Crippen LogP contribution < -0.4 is 4.72 Å². The Morgan fingerprint density at radius 1 is 1.16 bits per heavy atom. The largest absolute Gasteiger partial charge is 0.456 e. The summed E-state index contributed by atoms with van der Waals surface area (Å²) in [6.07, 6.45) is 1.40. The Balaban J connectivity index is 1.78. The predicted octanol–water partition coefficient (Wildman–Crippen LogP) is 2.72. The number of esters is 1. The van der Waals surface area contributed by atoms with Crippen molar-refractivity contribution in [2.45, 2.75) is 0 Å². The van der Waals surface area contributed by atoms with Crippen LogP contribution in [0.25, 0.3) is 6.08 Å². The molecule has 0 fully saturated rings. The molecule has 0 spiro atoms. The number of ketones is 1. The van der Waals surface area contributed by atoms with Crippen LogP contribution in [0.3, 0.4) is 0 Å². The van der Waals surface area contributed by atoms with E-state index in [1.807, 2.05) is 6.07 Å². The van der Waals surface area contributed by atoms with Gasteiger partial charge in [0.25, 0.3) is 0 Å². The molecule has 6 nitrogen and oxygen atoms in total. The quantitative estimate of drug-likeness (QED) is 0.544. The third kappa shape index (κ3) is 6.79. The van der Waals surface area contributed by atoms with Crippen LogP contribution in [0.2, 0.25) is 4.34 Å². The summed E-state index contributed by atoms with van der Waals surface area (Å²) < 4.78 is 30.8. The van der Waals surface area contributed by atoms with E-state index in [1.165, 1.54) is 12.1 Å². The van der Waals surface area contributed by atoms with Crippen molar-refractivity contribution in [3.05, 3.63) is 62.6 Å². The highest BCUT2D eigenvalue weighted by Crippen LogP contribution is 2.21. The van der Waals surface area contributed by atoms with Crippen molar-refractivity contribution < 1.29 is 22.7 Å². The molecule has 0 bridgehead atoms. The monoisotopic (exact) mass is 399 g/mol. The number of nitrogens with one attached hydrogen (secondary N) is 1. The van der Waals surface area contributed by atoms with E-state index >= 15 is 0 Å². The van der Waals surface area contributed by atoms with E-state index < -0.39 is 34.9 Å². The summed E-state index contributed by atoms with van der Waals surface area (Å²) in [6.45, 7) is -1.04. The Morgan fingerprint density at radius 3 is 2.52 bits per heavy atom. The number of rotatable bonds is 8. The van der Waals surface area contributed by atoms with Crippen LogP contribution in [0, 0.1) is 0 Å². The van der Waals surface area contributed by atoms with Gasteiger partial charge in [-0.25, -0.2) is 13.1 Å². The molecule has 0 aliphatic carbocycles. The minimum Gasteiger partial charge on any atom is -0.456 e. The number of carbonyl (C=O) groups excluding carboxylic acids is 2. The summed E-state index contributed by atoms with van der Waals surface area (Å²) in [5.41, 5.74) is 0.704. The van der Waals surface area contributed by atoms with Gasteiger partial charge in [-0.1, -0.05) is 41.9 Å². The van der Waals surface area contributed by atoms with E-state index in [0.29, 0.717) is 14.8 Å². The van der Waals surface area contributed by atoms with Gasteiger partial charge in [-0.05, 0) is 23.8 Å². The van der Waals surface area contributed by atoms with Crippen LogP contribution in [0.15, 0.2) is 47.9 Å². The number of benzene rings is 1. The number of halogens is 1. The van der Waals surface area contributed by atoms with Gasteiger partial charge < -0.3 is 4.74 Å². The van der Waals surface area contributed by atoms with Gasteiger partial charge in [0, 0.05) is 5.41 Å². The maximum Gasteiger partial charge on any atom is 0.321 e. The Bertz CT molecular complexity index is 875. The smallest absolute Gasteiger partial charge is 0.321 e. The number of sulfonamides is 1. The zero-order valence-electron chi connectivity index (χ0n) is 12.8. The van der Waals surface area contributed by atoms with Gasteiger partial charge in [-0.15, -0.1) is 11.3 Å². The summed E-state index contributed by atoms with van der Waals surface area (Å²) in [7, 11) is -3.79. The van der Waals surface area contributed by atoms with Gasteiger partial charge in [-0.3, -0.25) is 9.59 Å². The molecule has 0 saturated carbocycles. The molecule has 1 heterocycles. The fraction of sp³-hybridized carbons (Fsp3) is 0.125. The van der Waals surface area contributed by atoms with E-state index in [1.54, 1.807) is 30.3 Å². The molecule has 2 rings (SSSR count). The molecule has 0 aliphatic rings. The second-order valence-corrected chi connectivity index (χ2v) is 8.13. The van der Waals surface area contributed by atoms with Gasteiger partial charge in [0.1, 0.15) is 6.54 Å². The zero-order valence-corrected chi connectivity index (χ0v) is 15.2. The SMILES string of the molecule is O=C(CNS(=O)(=O)/C=C/c1ccccc1)OCC(=O)c1ccc(Cl)s1. The highest BCUT2D eigenvalue weighted by Gasteiger charge is 2.14. The molecule has 0 radical (unpaired) electrons. The molecule has 0 atom stereocenters. The van der Waals surface area contributed by atoms with Gasteiger partial charge in [0.15, 0.2) is 6.61 Å². The van der Waals surface area contributed by atoms with Crippen molar-refractivity contribution in [1.29, 1.82) is 0 Å².